The van der Waals surface area contributed by atoms with Crippen LogP contribution in [-0.2, 0) is 11.3 Å². The highest BCUT2D eigenvalue weighted by atomic mass is 35.5. The van der Waals surface area contributed by atoms with Gasteiger partial charge < -0.3 is 14.8 Å². The molecule has 4 heteroatoms. The Hall–Kier alpha value is -0.770. The number of halogens is 1. The molecule has 0 unspecified atom stereocenters. The number of hydrogen-bond donors (Lipinski definition) is 1. The first kappa shape index (κ1) is 18.3. The van der Waals surface area contributed by atoms with Gasteiger partial charge in [-0.3, -0.25) is 0 Å². The largest absolute Gasteiger partial charge is 0.492 e. The van der Waals surface area contributed by atoms with Crippen LogP contribution in [0.25, 0.3) is 0 Å². The van der Waals surface area contributed by atoms with Crippen LogP contribution in [0.2, 0.25) is 5.02 Å². The molecule has 0 saturated carbocycles. The summed E-state index contributed by atoms with van der Waals surface area (Å²) < 4.78 is 11.1. The third-order valence-electron chi connectivity index (χ3n) is 3.39. The molecule has 0 atom stereocenters. The quantitative estimate of drug-likeness (QED) is 0.738. The van der Waals surface area contributed by atoms with Crippen LogP contribution in [0.3, 0.4) is 0 Å². The molecule has 0 fully saturated rings. The Bertz CT molecular complexity index is 433. The summed E-state index contributed by atoms with van der Waals surface area (Å²) in [4.78, 5) is 0. The topological polar surface area (TPSA) is 30.5 Å². The molecule has 0 spiro atoms. The standard InChI is InChI=1S/C17H28ClNO2/c1-13(2)11-19-12-14-6-7-16(15(18)10-14)21-9-8-17(3,4)20-5/h6-7,10,13,19H,8-9,11-12H2,1-5H3. The van der Waals surface area contributed by atoms with Crippen LogP contribution in [0.15, 0.2) is 18.2 Å². The normalized spacial score (nSPS) is 12.0. The first-order chi connectivity index (χ1) is 9.84. The van der Waals surface area contributed by atoms with Gasteiger partial charge in [0.05, 0.1) is 17.2 Å². The first-order valence-corrected chi connectivity index (χ1v) is 7.89. The molecule has 3 nitrogen and oxygen atoms in total. The number of rotatable bonds is 9. The summed E-state index contributed by atoms with van der Waals surface area (Å²) in [6, 6.07) is 5.95. The van der Waals surface area contributed by atoms with Gasteiger partial charge in [0.15, 0.2) is 0 Å². The Morgan fingerprint density at radius 2 is 2.00 bits per heavy atom. The molecule has 0 aliphatic carbocycles. The fourth-order valence-corrected chi connectivity index (χ4v) is 2.04. The van der Waals surface area contributed by atoms with Crippen molar-refractivity contribution in [3.05, 3.63) is 28.8 Å². The zero-order valence-corrected chi connectivity index (χ0v) is 14.6. The first-order valence-electron chi connectivity index (χ1n) is 7.51. The van der Waals surface area contributed by atoms with Gasteiger partial charge in [-0.15, -0.1) is 0 Å². The lowest BCUT2D eigenvalue weighted by Crippen LogP contribution is -2.25. The average molecular weight is 314 g/mol. The van der Waals surface area contributed by atoms with E-state index in [0.29, 0.717) is 17.5 Å². The van der Waals surface area contributed by atoms with Crippen LogP contribution in [-0.4, -0.2) is 25.9 Å². The average Bonchev–Trinajstić information content (AvgIpc) is 2.40. The molecule has 0 aromatic heterocycles. The molecule has 0 bridgehead atoms. The molecular formula is C17H28ClNO2. The number of nitrogens with one attached hydrogen (secondary N) is 1. The molecule has 1 N–H and O–H groups in total. The van der Waals surface area contributed by atoms with Gasteiger partial charge in [0.2, 0.25) is 0 Å². The maximum absolute atomic E-state index is 6.27. The molecular weight excluding hydrogens is 286 g/mol. The Morgan fingerprint density at radius 1 is 1.29 bits per heavy atom. The highest BCUT2D eigenvalue weighted by Crippen LogP contribution is 2.26. The maximum Gasteiger partial charge on any atom is 0.137 e. The van der Waals surface area contributed by atoms with E-state index in [1.54, 1.807) is 7.11 Å². The predicted octanol–water partition coefficient (Wildman–Crippen LogP) is 4.28. The van der Waals surface area contributed by atoms with Crippen molar-refractivity contribution in [1.82, 2.24) is 5.32 Å². The highest BCUT2D eigenvalue weighted by Gasteiger charge is 2.16. The minimum absolute atomic E-state index is 0.173. The van der Waals surface area contributed by atoms with Crippen molar-refractivity contribution < 1.29 is 9.47 Å². The fourth-order valence-electron chi connectivity index (χ4n) is 1.79. The smallest absolute Gasteiger partial charge is 0.137 e. The summed E-state index contributed by atoms with van der Waals surface area (Å²) >= 11 is 6.27. The van der Waals surface area contributed by atoms with Gasteiger partial charge in [-0.25, -0.2) is 0 Å². The van der Waals surface area contributed by atoms with E-state index in [2.05, 4.69) is 25.2 Å². The minimum Gasteiger partial charge on any atom is -0.492 e. The number of methoxy groups -OCH3 is 1. The molecule has 0 radical (unpaired) electrons. The predicted molar refractivity (Wildman–Crippen MR) is 89.2 cm³/mol. The van der Waals surface area contributed by atoms with Crippen molar-refractivity contribution in [2.24, 2.45) is 5.92 Å². The molecule has 21 heavy (non-hydrogen) atoms. The molecule has 0 aliphatic rings. The van der Waals surface area contributed by atoms with Gasteiger partial charge in [-0.2, -0.15) is 0 Å². The maximum atomic E-state index is 6.27. The molecule has 0 saturated heterocycles. The van der Waals surface area contributed by atoms with Gasteiger partial charge in [0.25, 0.3) is 0 Å². The molecule has 120 valence electrons. The van der Waals surface area contributed by atoms with Crippen LogP contribution in [0.1, 0.15) is 39.7 Å². The summed E-state index contributed by atoms with van der Waals surface area (Å²) in [5.41, 5.74) is 0.998. The van der Waals surface area contributed by atoms with Crippen molar-refractivity contribution in [1.29, 1.82) is 0 Å². The van der Waals surface area contributed by atoms with Gasteiger partial charge in [0.1, 0.15) is 5.75 Å². The van der Waals surface area contributed by atoms with Crippen molar-refractivity contribution in [3.8, 4) is 5.75 Å². The lowest BCUT2D eigenvalue weighted by molar-refractivity contribution is 0.00546. The monoisotopic (exact) mass is 313 g/mol. The van der Waals surface area contributed by atoms with Crippen molar-refractivity contribution in [2.45, 2.75) is 46.3 Å². The van der Waals surface area contributed by atoms with E-state index in [9.17, 15) is 0 Å². The summed E-state index contributed by atoms with van der Waals surface area (Å²) in [6.45, 7) is 10.9. The van der Waals surface area contributed by atoms with Crippen LogP contribution in [0, 0.1) is 5.92 Å². The van der Waals surface area contributed by atoms with E-state index in [0.717, 1.165) is 25.3 Å². The second kappa shape index (κ2) is 8.62. The molecule has 0 amide bonds. The molecule has 1 rings (SSSR count). The van der Waals surface area contributed by atoms with E-state index in [1.807, 2.05) is 26.0 Å². The summed E-state index contributed by atoms with van der Waals surface area (Å²) in [5, 5.41) is 4.06. The number of hydrogen-bond acceptors (Lipinski definition) is 3. The summed E-state index contributed by atoms with van der Waals surface area (Å²) in [5.74, 6) is 1.38. The summed E-state index contributed by atoms with van der Waals surface area (Å²) in [6.07, 6.45) is 0.817. The molecule has 0 heterocycles. The van der Waals surface area contributed by atoms with Gasteiger partial charge in [-0.1, -0.05) is 31.5 Å². The Kier molecular flexibility index (Phi) is 7.50. The molecule has 1 aromatic rings. The van der Waals surface area contributed by atoms with Gasteiger partial charge in [-0.05, 0) is 44.0 Å². The fraction of sp³-hybridized carbons (Fsp3) is 0.647. The SMILES string of the molecule is COC(C)(C)CCOc1ccc(CNCC(C)C)cc1Cl. The number of benzene rings is 1. The summed E-state index contributed by atoms with van der Waals surface area (Å²) in [7, 11) is 1.71. The Labute approximate surface area is 134 Å². The Balaban J connectivity index is 2.47. The van der Waals surface area contributed by atoms with E-state index < -0.39 is 0 Å². The lowest BCUT2D eigenvalue weighted by Gasteiger charge is -2.22. The Morgan fingerprint density at radius 3 is 2.57 bits per heavy atom. The zero-order chi connectivity index (χ0) is 15.9. The van der Waals surface area contributed by atoms with Gasteiger partial charge >= 0.3 is 0 Å². The van der Waals surface area contributed by atoms with Crippen molar-refractivity contribution in [3.63, 3.8) is 0 Å². The van der Waals surface area contributed by atoms with Gasteiger partial charge in [0, 0.05) is 20.1 Å². The van der Waals surface area contributed by atoms with Crippen LogP contribution >= 0.6 is 11.6 Å². The molecule has 0 aliphatic heterocycles. The van der Waals surface area contributed by atoms with Crippen LogP contribution < -0.4 is 10.1 Å². The van der Waals surface area contributed by atoms with E-state index in [-0.39, 0.29) is 5.60 Å². The van der Waals surface area contributed by atoms with Crippen molar-refractivity contribution in [2.75, 3.05) is 20.3 Å². The van der Waals surface area contributed by atoms with Crippen LogP contribution in [0.5, 0.6) is 5.75 Å². The van der Waals surface area contributed by atoms with E-state index in [4.69, 9.17) is 21.1 Å². The van der Waals surface area contributed by atoms with Crippen LogP contribution in [0.4, 0.5) is 0 Å². The zero-order valence-electron chi connectivity index (χ0n) is 13.8. The van der Waals surface area contributed by atoms with E-state index in [1.165, 1.54) is 5.56 Å². The minimum atomic E-state index is -0.173. The second-order valence-electron chi connectivity index (χ2n) is 6.35. The molecule has 1 aromatic carbocycles. The highest BCUT2D eigenvalue weighted by molar-refractivity contribution is 6.32. The lowest BCUT2D eigenvalue weighted by atomic mass is 10.1. The van der Waals surface area contributed by atoms with E-state index >= 15 is 0 Å². The number of ether oxygens (including phenoxy) is 2. The second-order valence-corrected chi connectivity index (χ2v) is 6.76. The van der Waals surface area contributed by atoms with Crippen molar-refractivity contribution >= 4 is 11.6 Å². The third kappa shape index (κ3) is 7.16. The third-order valence-corrected chi connectivity index (χ3v) is 3.69.